The van der Waals surface area contributed by atoms with Gasteiger partial charge in [-0.15, -0.1) is 11.3 Å². The van der Waals surface area contributed by atoms with Crippen molar-refractivity contribution in [2.75, 3.05) is 26.2 Å². The van der Waals surface area contributed by atoms with Crippen molar-refractivity contribution in [3.8, 4) is 0 Å². The maximum atomic E-state index is 12.3. The third-order valence-electron chi connectivity index (χ3n) is 4.56. The lowest BCUT2D eigenvalue weighted by Gasteiger charge is -2.33. The number of piperazine rings is 1. The Labute approximate surface area is 144 Å². The van der Waals surface area contributed by atoms with E-state index in [2.05, 4.69) is 9.88 Å². The lowest BCUT2D eigenvalue weighted by atomic mass is 10.0. The molecule has 24 heavy (non-hydrogen) atoms. The number of carbonyl (C=O) groups excluding carboxylic acids is 2. The van der Waals surface area contributed by atoms with Gasteiger partial charge in [0, 0.05) is 32.6 Å². The zero-order valence-corrected chi connectivity index (χ0v) is 14.2. The third-order valence-corrected chi connectivity index (χ3v) is 5.69. The Morgan fingerprint density at radius 1 is 1.25 bits per heavy atom. The molecule has 126 valence electrons. The predicted molar refractivity (Wildman–Crippen MR) is 89.3 cm³/mol. The molecular weight excluding hydrogens is 326 g/mol. The topological polar surface area (TPSA) is 66.7 Å². The lowest BCUT2D eigenvalue weighted by Crippen LogP contribution is -2.48. The number of carbonyl (C=O) groups is 2. The first kappa shape index (κ1) is 15.5. The number of ketones is 1. The number of furan rings is 1. The van der Waals surface area contributed by atoms with Gasteiger partial charge in [0.05, 0.1) is 23.4 Å². The second-order valence-electron chi connectivity index (χ2n) is 6.21. The standard InChI is InChI=1S/C17H19N3O3S/c21-13-4-1-3-12-16(13)24-15(18-12)11-19-6-8-20(9-7-19)17(22)14-5-2-10-23-14/h2,5,10H,1,3-4,6-9,11H2. The van der Waals surface area contributed by atoms with Crippen molar-refractivity contribution in [1.29, 1.82) is 0 Å². The minimum Gasteiger partial charge on any atom is -0.459 e. The highest BCUT2D eigenvalue weighted by Gasteiger charge is 2.26. The van der Waals surface area contributed by atoms with E-state index in [0.29, 0.717) is 25.3 Å². The minimum absolute atomic E-state index is 0.0463. The number of Topliss-reactive ketones (excluding diaryl/α,β-unsaturated/α-hetero) is 1. The molecule has 2 aromatic heterocycles. The smallest absolute Gasteiger partial charge is 0.289 e. The molecule has 2 aliphatic rings. The molecule has 1 fully saturated rings. The summed E-state index contributed by atoms with van der Waals surface area (Å²) < 4.78 is 5.18. The summed E-state index contributed by atoms with van der Waals surface area (Å²) in [7, 11) is 0. The van der Waals surface area contributed by atoms with Gasteiger partial charge in [0.25, 0.3) is 5.91 Å². The second-order valence-corrected chi connectivity index (χ2v) is 7.29. The van der Waals surface area contributed by atoms with Crippen molar-refractivity contribution >= 4 is 23.0 Å². The van der Waals surface area contributed by atoms with Gasteiger partial charge in [-0.3, -0.25) is 14.5 Å². The third kappa shape index (κ3) is 3.01. The lowest BCUT2D eigenvalue weighted by molar-refractivity contribution is 0.0597. The summed E-state index contributed by atoms with van der Waals surface area (Å²) in [6, 6.07) is 3.43. The normalized spacial score (nSPS) is 18.7. The van der Waals surface area contributed by atoms with E-state index in [4.69, 9.17) is 4.42 Å². The first-order chi connectivity index (χ1) is 11.7. The van der Waals surface area contributed by atoms with Crippen molar-refractivity contribution < 1.29 is 14.0 Å². The van der Waals surface area contributed by atoms with E-state index >= 15 is 0 Å². The van der Waals surface area contributed by atoms with Gasteiger partial charge in [0.2, 0.25) is 0 Å². The summed E-state index contributed by atoms with van der Waals surface area (Å²) in [6.45, 7) is 3.75. The van der Waals surface area contributed by atoms with E-state index in [-0.39, 0.29) is 11.7 Å². The number of hydrogen-bond donors (Lipinski definition) is 0. The van der Waals surface area contributed by atoms with Crippen LogP contribution in [0.2, 0.25) is 0 Å². The molecule has 0 atom stereocenters. The van der Waals surface area contributed by atoms with Gasteiger partial charge in [-0.2, -0.15) is 0 Å². The van der Waals surface area contributed by atoms with Gasteiger partial charge in [0.15, 0.2) is 11.5 Å². The molecule has 1 aliphatic carbocycles. The number of aryl methyl sites for hydroxylation is 1. The van der Waals surface area contributed by atoms with Crippen LogP contribution < -0.4 is 0 Å². The van der Waals surface area contributed by atoms with Crippen molar-refractivity contribution in [1.82, 2.24) is 14.8 Å². The molecule has 0 unspecified atom stereocenters. The van der Waals surface area contributed by atoms with E-state index in [0.717, 1.165) is 48.1 Å². The number of fused-ring (bicyclic) bond motifs is 1. The Kier molecular flexibility index (Phi) is 4.20. The van der Waals surface area contributed by atoms with Crippen LogP contribution in [0.25, 0.3) is 0 Å². The van der Waals surface area contributed by atoms with Crippen LogP contribution in [0, 0.1) is 0 Å². The highest BCUT2D eigenvalue weighted by atomic mass is 32.1. The van der Waals surface area contributed by atoms with Gasteiger partial charge in [-0.25, -0.2) is 4.98 Å². The average molecular weight is 345 g/mol. The molecule has 1 aliphatic heterocycles. The van der Waals surface area contributed by atoms with Crippen LogP contribution in [-0.4, -0.2) is 52.7 Å². The van der Waals surface area contributed by atoms with Crippen molar-refractivity contribution in [3.63, 3.8) is 0 Å². The van der Waals surface area contributed by atoms with E-state index in [1.54, 1.807) is 23.5 Å². The van der Waals surface area contributed by atoms with Crippen molar-refractivity contribution in [3.05, 3.63) is 39.7 Å². The molecule has 7 heteroatoms. The summed E-state index contributed by atoms with van der Waals surface area (Å²) in [5, 5.41) is 1.01. The molecule has 3 heterocycles. The van der Waals surface area contributed by atoms with Crippen LogP contribution in [0.3, 0.4) is 0 Å². The molecule has 0 N–H and O–H groups in total. The SMILES string of the molecule is O=C1CCCc2nc(CN3CCN(C(=O)c4ccco4)CC3)sc21. The predicted octanol–water partition coefficient (Wildman–Crippen LogP) is 2.21. The average Bonchev–Trinajstić information content (AvgIpc) is 3.25. The van der Waals surface area contributed by atoms with Crippen LogP contribution >= 0.6 is 11.3 Å². The van der Waals surface area contributed by atoms with E-state index in [1.165, 1.54) is 6.26 Å². The van der Waals surface area contributed by atoms with Gasteiger partial charge in [-0.05, 0) is 25.0 Å². The summed E-state index contributed by atoms with van der Waals surface area (Å²) >= 11 is 1.54. The molecule has 0 spiro atoms. The first-order valence-corrected chi connectivity index (χ1v) is 9.09. The molecule has 1 saturated heterocycles. The molecule has 2 aromatic rings. The monoisotopic (exact) mass is 345 g/mol. The molecule has 4 rings (SSSR count). The summed E-state index contributed by atoms with van der Waals surface area (Å²) in [5.74, 6) is 0.596. The molecule has 6 nitrogen and oxygen atoms in total. The Morgan fingerprint density at radius 2 is 2.08 bits per heavy atom. The van der Waals surface area contributed by atoms with Gasteiger partial charge in [-0.1, -0.05) is 0 Å². The molecule has 0 aromatic carbocycles. The highest BCUT2D eigenvalue weighted by Crippen LogP contribution is 2.27. The van der Waals surface area contributed by atoms with Gasteiger partial charge in [0.1, 0.15) is 5.01 Å². The number of nitrogens with zero attached hydrogens (tertiary/aromatic N) is 3. The summed E-state index contributed by atoms with van der Waals surface area (Å²) in [4.78, 5) is 33.8. The van der Waals surface area contributed by atoms with Crippen LogP contribution in [0.4, 0.5) is 0 Å². The van der Waals surface area contributed by atoms with Gasteiger partial charge >= 0.3 is 0 Å². The molecule has 1 amide bonds. The van der Waals surface area contributed by atoms with Crippen LogP contribution in [-0.2, 0) is 13.0 Å². The number of amides is 1. The van der Waals surface area contributed by atoms with E-state index in [9.17, 15) is 9.59 Å². The molecule has 0 saturated carbocycles. The molecule has 0 radical (unpaired) electrons. The summed E-state index contributed by atoms with van der Waals surface area (Å²) in [5.41, 5.74) is 0.984. The Balaban J connectivity index is 1.35. The zero-order valence-electron chi connectivity index (χ0n) is 13.4. The Morgan fingerprint density at radius 3 is 2.79 bits per heavy atom. The number of hydrogen-bond acceptors (Lipinski definition) is 6. The van der Waals surface area contributed by atoms with Crippen molar-refractivity contribution in [2.24, 2.45) is 0 Å². The minimum atomic E-state index is -0.0463. The number of rotatable bonds is 3. The maximum absolute atomic E-state index is 12.3. The molecular formula is C17H19N3O3S. The van der Waals surface area contributed by atoms with Crippen LogP contribution in [0.5, 0.6) is 0 Å². The fraction of sp³-hybridized carbons (Fsp3) is 0.471. The number of thiazole rings is 1. The number of aromatic nitrogens is 1. The fourth-order valence-corrected chi connectivity index (χ4v) is 4.36. The van der Waals surface area contributed by atoms with E-state index < -0.39 is 0 Å². The first-order valence-electron chi connectivity index (χ1n) is 8.27. The van der Waals surface area contributed by atoms with E-state index in [1.807, 2.05) is 4.90 Å². The van der Waals surface area contributed by atoms with Crippen molar-refractivity contribution in [2.45, 2.75) is 25.8 Å². The Bertz CT molecular complexity index is 745. The largest absolute Gasteiger partial charge is 0.459 e. The summed E-state index contributed by atoms with van der Waals surface area (Å²) in [6.07, 6.45) is 4.02. The highest BCUT2D eigenvalue weighted by molar-refractivity contribution is 7.13. The maximum Gasteiger partial charge on any atom is 0.289 e. The van der Waals surface area contributed by atoms with Gasteiger partial charge < -0.3 is 9.32 Å². The molecule has 0 bridgehead atoms. The zero-order chi connectivity index (χ0) is 16.5. The van der Waals surface area contributed by atoms with Crippen LogP contribution in [0.15, 0.2) is 22.8 Å². The second kappa shape index (κ2) is 6.49. The van der Waals surface area contributed by atoms with Crippen LogP contribution in [0.1, 0.15) is 43.8 Å². The Hall–Kier alpha value is -1.99. The quantitative estimate of drug-likeness (QED) is 0.853. The fourth-order valence-electron chi connectivity index (χ4n) is 3.24.